The predicted octanol–water partition coefficient (Wildman–Crippen LogP) is 1.46. The maximum atomic E-state index is 11.3. The van der Waals surface area contributed by atoms with Gasteiger partial charge in [-0.25, -0.2) is 9.59 Å². The van der Waals surface area contributed by atoms with Crippen molar-refractivity contribution in [1.82, 2.24) is 0 Å². The van der Waals surface area contributed by atoms with E-state index in [0.717, 1.165) is 18.2 Å². The summed E-state index contributed by atoms with van der Waals surface area (Å²) >= 11 is 0. The Morgan fingerprint density at radius 3 is 2.00 bits per heavy atom. The van der Waals surface area contributed by atoms with Crippen LogP contribution in [0, 0.1) is 0 Å². The highest BCUT2D eigenvalue weighted by Gasteiger charge is 2.14. The minimum atomic E-state index is -1.29. The Labute approximate surface area is 103 Å². The highest BCUT2D eigenvalue weighted by atomic mass is 16.5. The first-order valence-electron chi connectivity index (χ1n) is 5.26. The molecule has 94 valence electrons. The Bertz CT molecular complexity index is 464. The molecule has 0 unspecified atom stereocenters. The SMILES string of the molecule is CCBC(=O)Oc1cc(C(=O)O)cc(C(=O)O)c1. The molecule has 0 aromatic heterocycles. The number of aromatic carboxylic acids is 2. The topological polar surface area (TPSA) is 101 Å². The summed E-state index contributed by atoms with van der Waals surface area (Å²) in [4.78, 5) is 32.9. The molecule has 6 nitrogen and oxygen atoms in total. The van der Waals surface area contributed by atoms with Gasteiger partial charge < -0.3 is 14.9 Å². The van der Waals surface area contributed by atoms with Crippen LogP contribution in [0.15, 0.2) is 18.2 Å². The lowest BCUT2D eigenvalue weighted by Crippen LogP contribution is -2.14. The van der Waals surface area contributed by atoms with E-state index < -0.39 is 17.8 Å². The maximum absolute atomic E-state index is 11.3. The Hall–Kier alpha value is -2.31. The van der Waals surface area contributed by atoms with E-state index in [1.165, 1.54) is 0 Å². The van der Waals surface area contributed by atoms with Crippen molar-refractivity contribution in [3.63, 3.8) is 0 Å². The van der Waals surface area contributed by atoms with Crippen LogP contribution in [-0.2, 0) is 0 Å². The summed E-state index contributed by atoms with van der Waals surface area (Å²) < 4.78 is 4.87. The molecule has 0 radical (unpaired) electrons. The van der Waals surface area contributed by atoms with Crippen LogP contribution in [0.2, 0.25) is 6.32 Å². The summed E-state index contributed by atoms with van der Waals surface area (Å²) in [6, 6.07) is 3.23. The third-order valence-electron chi connectivity index (χ3n) is 2.09. The minimum absolute atomic E-state index is 0.0780. The number of benzene rings is 1. The third kappa shape index (κ3) is 3.62. The first-order chi connectivity index (χ1) is 8.43. The van der Waals surface area contributed by atoms with Crippen LogP contribution in [0.25, 0.3) is 0 Å². The van der Waals surface area contributed by atoms with Gasteiger partial charge in [-0.3, -0.25) is 4.79 Å². The molecule has 0 saturated carbocycles. The molecule has 0 amide bonds. The summed E-state index contributed by atoms with van der Waals surface area (Å²) in [5.74, 6) is -3.18. The Kier molecular flexibility index (Phi) is 4.48. The molecule has 18 heavy (non-hydrogen) atoms. The molecule has 7 heteroatoms. The average molecular weight is 250 g/mol. The number of hydrogen-bond donors (Lipinski definition) is 2. The maximum Gasteiger partial charge on any atom is 0.335 e. The number of rotatable bonds is 5. The molecular formula is C11H11BO6. The largest absolute Gasteiger partial charge is 0.478 e. The molecule has 0 saturated heterocycles. The molecule has 0 aliphatic heterocycles. The molecule has 1 rings (SSSR count). The fraction of sp³-hybridized carbons (Fsp3) is 0.182. The Balaban J connectivity index is 3.07. The second-order valence-electron chi connectivity index (χ2n) is 3.58. The first-order valence-corrected chi connectivity index (χ1v) is 5.26. The van der Waals surface area contributed by atoms with Gasteiger partial charge in [0.1, 0.15) is 5.75 Å². The molecule has 0 fully saturated rings. The van der Waals surface area contributed by atoms with E-state index in [9.17, 15) is 14.4 Å². The van der Waals surface area contributed by atoms with E-state index in [-0.39, 0.29) is 24.2 Å². The zero-order chi connectivity index (χ0) is 13.7. The molecule has 0 bridgehead atoms. The summed E-state index contributed by atoms with van der Waals surface area (Å²) in [6.45, 7) is 1.79. The number of carbonyl (C=O) groups excluding carboxylic acids is 1. The lowest BCUT2D eigenvalue weighted by molar-refractivity contribution is 0.0696. The molecule has 0 aliphatic rings. The van der Waals surface area contributed by atoms with Gasteiger partial charge in [0.05, 0.1) is 11.1 Å². The van der Waals surface area contributed by atoms with Crippen molar-refractivity contribution in [3.05, 3.63) is 29.3 Å². The van der Waals surface area contributed by atoms with Crippen molar-refractivity contribution in [2.75, 3.05) is 0 Å². The van der Waals surface area contributed by atoms with Crippen LogP contribution in [0.3, 0.4) is 0 Å². The number of carbonyl (C=O) groups is 3. The zero-order valence-electron chi connectivity index (χ0n) is 9.67. The highest BCUT2D eigenvalue weighted by molar-refractivity contribution is 6.72. The van der Waals surface area contributed by atoms with E-state index >= 15 is 0 Å². The van der Waals surface area contributed by atoms with Gasteiger partial charge in [-0.15, -0.1) is 0 Å². The first kappa shape index (κ1) is 13.8. The predicted molar refractivity (Wildman–Crippen MR) is 64.0 cm³/mol. The van der Waals surface area contributed by atoms with Gasteiger partial charge in [0.15, 0.2) is 0 Å². The second-order valence-corrected chi connectivity index (χ2v) is 3.58. The van der Waals surface area contributed by atoms with Crippen molar-refractivity contribution in [3.8, 4) is 5.75 Å². The molecule has 0 aliphatic carbocycles. The van der Waals surface area contributed by atoms with Crippen LogP contribution in [0.4, 0.5) is 4.79 Å². The molecule has 1 aromatic carbocycles. The second kappa shape index (κ2) is 5.86. The normalized spacial score (nSPS) is 9.61. The summed E-state index contributed by atoms with van der Waals surface area (Å²) in [5, 5.41) is 17.6. The Morgan fingerprint density at radius 1 is 1.11 bits per heavy atom. The van der Waals surface area contributed by atoms with Crippen LogP contribution < -0.4 is 4.74 Å². The third-order valence-corrected chi connectivity index (χ3v) is 2.09. The molecule has 2 N–H and O–H groups in total. The van der Waals surface area contributed by atoms with Crippen LogP contribution in [0.1, 0.15) is 27.6 Å². The number of carboxylic acid groups (broad SMARTS) is 2. The van der Waals surface area contributed by atoms with E-state index in [1.807, 2.05) is 0 Å². The van der Waals surface area contributed by atoms with Crippen LogP contribution in [0.5, 0.6) is 5.75 Å². The van der Waals surface area contributed by atoms with Gasteiger partial charge in [0.25, 0.3) is 13.1 Å². The van der Waals surface area contributed by atoms with E-state index in [0.29, 0.717) is 6.32 Å². The average Bonchev–Trinajstić information content (AvgIpc) is 2.28. The van der Waals surface area contributed by atoms with Crippen molar-refractivity contribution >= 4 is 25.1 Å². The summed E-state index contributed by atoms with van der Waals surface area (Å²) in [6.07, 6.45) is 0.587. The molecule has 0 spiro atoms. The van der Waals surface area contributed by atoms with E-state index in [4.69, 9.17) is 14.9 Å². The van der Waals surface area contributed by atoms with Gasteiger partial charge in [0, 0.05) is 0 Å². The number of ether oxygens (including phenoxy) is 1. The molecular weight excluding hydrogens is 239 g/mol. The highest BCUT2D eigenvalue weighted by Crippen LogP contribution is 2.18. The Morgan fingerprint density at radius 2 is 1.61 bits per heavy atom. The monoisotopic (exact) mass is 250 g/mol. The lowest BCUT2D eigenvalue weighted by Gasteiger charge is -2.06. The summed E-state index contributed by atoms with van der Waals surface area (Å²) in [5.41, 5.74) is -0.483. The summed E-state index contributed by atoms with van der Waals surface area (Å²) in [7, 11) is 0.180. The van der Waals surface area contributed by atoms with E-state index in [2.05, 4.69) is 0 Å². The van der Waals surface area contributed by atoms with Gasteiger partial charge in [-0.05, 0) is 18.2 Å². The minimum Gasteiger partial charge on any atom is -0.478 e. The van der Waals surface area contributed by atoms with Gasteiger partial charge >= 0.3 is 11.9 Å². The van der Waals surface area contributed by atoms with Crippen molar-refractivity contribution in [2.45, 2.75) is 13.2 Å². The molecule has 0 atom stereocenters. The van der Waals surface area contributed by atoms with Gasteiger partial charge in [0.2, 0.25) is 0 Å². The standard InChI is InChI=1S/C11H11BO6/c1-2-12-11(17)18-8-4-6(9(13)14)3-7(5-8)10(15)16/h3-5,12H,2H2,1H3,(H,13,14)(H,15,16). The van der Waals surface area contributed by atoms with E-state index in [1.54, 1.807) is 6.92 Å². The van der Waals surface area contributed by atoms with Crippen molar-refractivity contribution < 1.29 is 29.3 Å². The van der Waals surface area contributed by atoms with Crippen LogP contribution >= 0.6 is 0 Å². The lowest BCUT2D eigenvalue weighted by atomic mass is 9.76. The van der Waals surface area contributed by atoms with Crippen LogP contribution in [-0.4, -0.2) is 35.3 Å². The van der Waals surface area contributed by atoms with Gasteiger partial charge in [-0.2, -0.15) is 0 Å². The van der Waals surface area contributed by atoms with Crippen molar-refractivity contribution in [2.24, 2.45) is 0 Å². The fourth-order valence-corrected chi connectivity index (χ4v) is 1.29. The molecule has 0 heterocycles. The quantitative estimate of drug-likeness (QED) is 0.767. The van der Waals surface area contributed by atoms with Crippen molar-refractivity contribution in [1.29, 1.82) is 0 Å². The smallest absolute Gasteiger partial charge is 0.335 e. The fourth-order valence-electron chi connectivity index (χ4n) is 1.29. The molecule has 1 aromatic rings. The number of hydrogen-bond acceptors (Lipinski definition) is 4. The zero-order valence-corrected chi connectivity index (χ0v) is 9.67. The van der Waals surface area contributed by atoms with Gasteiger partial charge in [-0.1, -0.05) is 13.2 Å². The number of carboxylic acids is 2.